The first-order valence-corrected chi connectivity index (χ1v) is 7.52. The molecule has 0 radical (unpaired) electrons. The fraction of sp³-hybridized carbons (Fsp3) is 0.467. The van der Waals surface area contributed by atoms with E-state index in [9.17, 15) is 0 Å². The second-order valence-corrected chi connectivity index (χ2v) is 6.03. The Hall–Kier alpha value is -0.940. The molecule has 0 aliphatic heterocycles. The standard InChI is InChI=1S/C15H22N2OS/c1-11(9-18-2)7-13(17-16)8-12-10-19-15-6-4-3-5-14(12)15/h3-6,10-11,13,17H,7-9,16H2,1-2H3. The smallest absolute Gasteiger partial charge is 0.0488 e. The van der Waals surface area contributed by atoms with Gasteiger partial charge < -0.3 is 4.74 Å². The first-order chi connectivity index (χ1) is 9.24. The molecule has 3 N–H and O–H groups in total. The zero-order chi connectivity index (χ0) is 13.7. The van der Waals surface area contributed by atoms with E-state index in [0.29, 0.717) is 12.0 Å². The normalized spacial score (nSPS) is 14.7. The van der Waals surface area contributed by atoms with Crippen molar-refractivity contribution in [2.24, 2.45) is 11.8 Å². The molecule has 0 aliphatic carbocycles. The van der Waals surface area contributed by atoms with Gasteiger partial charge in [-0.05, 0) is 41.2 Å². The Morgan fingerprint density at radius 1 is 1.37 bits per heavy atom. The number of ether oxygens (including phenoxy) is 1. The first kappa shape index (κ1) is 14.5. The second-order valence-electron chi connectivity index (χ2n) is 5.12. The van der Waals surface area contributed by atoms with Crippen LogP contribution in [0.2, 0.25) is 0 Å². The lowest BCUT2D eigenvalue weighted by Crippen LogP contribution is -2.38. The number of methoxy groups -OCH3 is 1. The van der Waals surface area contributed by atoms with E-state index in [1.807, 2.05) is 0 Å². The molecular weight excluding hydrogens is 256 g/mol. The van der Waals surface area contributed by atoms with Crippen molar-refractivity contribution in [3.63, 3.8) is 0 Å². The predicted molar refractivity (Wildman–Crippen MR) is 82.3 cm³/mol. The van der Waals surface area contributed by atoms with Crippen LogP contribution < -0.4 is 11.3 Å². The maximum absolute atomic E-state index is 5.69. The number of rotatable bonds is 7. The molecule has 0 amide bonds. The third-order valence-corrected chi connectivity index (χ3v) is 4.41. The SMILES string of the molecule is COCC(C)CC(Cc1csc2ccccc12)NN. The number of nitrogens with one attached hydrogen (secondary N) is 1. The summed E-state index contributed by atoms with van der Waals surface area (Å²) >= 11 is 1.80. The van der Waals surface area contributed by atoms with Gasteiger partial charge in [0.1, 0.15) is 0 Å². The number of nitrogens with two attached hydrogens (primary N) is 1. The highest BCUT2D eigenvalue weighted by Crippen LogP contribution is 2.27. The van der Waals surface area contributed by atoms with Crippen LogP contribution in [0.4, 0.5) is 0 Å². The van der Waals surface area contributed by atoms with Crippen molar-refractivity contribution in [1.29, 1.82) is 0 Å². The molecule has 1 heterocycles. The molecule has 1 aromatic carbocycles. The highest BCUT2D eigenvalue weighted by molar-refractivity contribution is 7.17. The van der Waals surface area contributed by atoms with Crippen molar-refractivity contribution in [3.8, 4) is 0 Å². The van der Waals surface area contributed by atoms with E-state index in [1.165, 1.54) is 15.6 Å². The van der Waals surface area contributed by atoms with E-state index in [-0.39, 0.29) is 0 Å². The highest BCUT2D eigenvalue weighted by atomic mass is 32.1. The number of hydrazine groups is 1. The predicted octanol–water partition coefficient (Wildman–Crippen LogP) is 2.95. The Morgan fingerprint density at radius 3 is 2.89 bits per heavy atom. The molecule has 3 nitrogen and oxygen atoms in total. The Balaban J connectivity index is 2.05. The molecule has 0 fully saturated rings. The molecule has 0 bridgehead atoms. The fourth-order valence-electron chi connectivity index (χ4n) is 2.50. The van der Waals surface area contributed by atoms with Crippen molar-refractivity contribution in [2.45, 2.75) is 25.8 Å². The number of hydrogen-bond acceptors (Lipinski definition) is 4. The van der Waals surface area contributed by atoms with Crippen LogP contribution in [0.25, 0.3) is 10.1 Å². The van der Waals surface area contributed by atoms with Crippen LogP contribution in [-0.2, 0) is 11.2 Å². The van der Waals surface area contributed by atoms with Crippen molar-refractivity contribution in [1.82, 2.24) is 5.43 Å². The van der Waals surface area contributed by atoms with E-state index in [4.69, 9.17) is 10.6 Å². The van der Waals surface area contributed by atoms with Crippen molar-refractivity contribution < 1.29 is 4.74 Å². The van der Waals surface area contributed by atoms with Gasteiger partial charge in [-0.15, -0.1) is 11.3 Å². The Morgan fingerprint density at radius 2 is 2.16 bits per heavy atom. The summed E-state index contributed by atoms with van der Waals surface area (Å²) < 4.78 is 6.53. The van der Waals surface area contributed by atoms with Gasteiger partial charge in [-0.25, -0.2) is 0 Å². The average Bonchev–Trinajstić information content (AvgIpc) is 2.82. The number of benzene rings is 1. The van der Waals surface area contributed by atoms with Gasteiger partial charge >= 0.3 is 0 Å². The first-order valence-electron chi connectivity index (χ1n) is 6.64. The lowest BCUT2D eigenvalue weighted by Gasteiger charge is -2.19. The zero-order valence-corrected chi connectivity index (χ0v) is 12.4. The third kappa shape index (κ3) is 3.76. The molecule has 1 aromatic heterocycles. The maximum atomic E-state index is 5.69. The van der Waals surface area contributed by atoms with Crippen LogP contribution in [0.5, 0.6) is 0 Å². The highest BCUT2D eigenvalue weighted by Gasteiger charge is 2.14. The summed E-state index contributed by atoms with van der Waals surface area (Å²) in [6.07, 6.45) is 1.99. The van der Waals surface area contributed by atoms with Crippen LogP contribution in [0.15, 0.2) is 29.6 Å². The molecule has 2 rings (SSSR count). The van der Waals surface area contributed by atoms with Gasteiger partial charge in [0.15, 0.2) is 0 Å². The summed E-state index contributed by atoms with van der Waals surface area (Å²) in [4.78, 5) is 0. The Bertz CT molecular complexity index is 512. The molecule has 4 heteroatoms. The summed E-state index contributed by atoms with van der Waals surface area (Å²) in [5, 5.41) is 3.60. The summed E-state index contributed by atoms with van der Waals surface area (Å²) in [5.74, 6) is 6.20. The lowest BCUT2D eigenvalue weighted by molar-refractivity contribution is 0.149. The zero-order valence-electron chi connectivity index (χ0n) is 11.6. The lowest BCUT2D eigenvalue weighted by atomic mass is 9.97. The van der Waals surface area contributed by atoms with E-state index < -0.39 is 0 Å². The van der Waals surface area contributed by atoms with Gasteiger partial charge in [-0.1, -0.05) is 25.1 Å². The van der Waals surface area contributed by atoms with Gasteiger partial charge in [0, 0.05) is 24.5 Å². The molecule has 0 saturated heterocycles. The van der Waals surface area contributed by atoms with Crippen LogP contribution in [-0.4, -0.2) is 19.8 Å². The Labute approximate surface area is 118 Å². The van der Waals surface area contributed by atoms with Crippen molar-refractivity contribution >= 4 is 21.4 Å². The van der Waals surface area contributed by atoms with E-state index in [0.717, 1.165) is 19.4 Å². The van der Waals surface area contributed by atoms with Gasteiger partial charge in [0.25, 0.3) is 0 Å². The summed E-state index contributed by atoms with van der Waals surface area (Å²) in [6, 6.07) is 8.83. The molecule has 0 saturated carbocycles. The third-order valence-electron chi connectivity index (χ3n) is 3.40. The monoisotopic (exact) mass is 278 g/mol. The fourth-order valence-corrected chi connectivity index (χ4v) is 3.48. The van der Waals surface area contributed by atoms with Crippen LogP contribution in [0, 0.1) is 5.92 Å². The molecular formula is C15H22N2OS. The van der Waals surface area contributed by atoms with Crippen molar-refractivity contribution in [2.75, 3.05) is 13.7 Å². The maximum Gasteiger partial charge on any atom is 0.0488 e. The van der Waals surface area contributed by atoms with Gasteiger partial charge in [0.05, 0.1) is 0 Å². The second kappa shape index (κ2) is 7.01. The Kier molecular flexibility index (Phi) is 5.34. The minimum Gasteiger partial charge on any atom is -0.384 e. The molecule has 0 aliphatic rings. The quantitative estimate of drug-likeness (QED) is 0.604. The van der Waals surface area contributed by atoms with E-state index in [1.54, 1.807) is 18.4 Å². The van der Waals surface area contributed by atoms with Crippen LogP contribution in [0.1, 0.15) is 18.9 Å². The summed E-state index contributed by atoms with van der Waals surface area (Å²) in [5.41, 5.74) is 4.33. The molecule has 0 spiro atoms. The molecule has 104 valence electrons. The molecule has 2 aromatic rings. The molecule has 2 unspecified atom stereocenters. The van der Waals surface area contributed by atoms with Crippen LogP contribution in [0.3, 0.4) is 0 Å². The minimum atomic E-state index is 0.295. The van der Waals surface area contributed by atoms with E-state index in [2.05, 4.69) is 42.0 Å². The minimum absolute atomic E-state index is 0.295. The van der Waals surface area contributed by atoms with Gasteiger partial charge in [0.2, 0.25) is 0 Å². The summed E-state index contributed by atoms with van der Waals surface area (Å²) in [7, 11) is 1.74. The number of thiophene rings is 1. The van der Waals surface area contributed by atoms with Crippen molar-refractivity contribution in [3.05, 3.63) is 35.2 Å². The summed E-state index contributed by atoms with van der Waals surface area (Å²) in [6.45, 7) is 2.97. The van der Waals surface area contributed by atoms with Gasteiger partial charge in [-0.3, -0.25) is 11.3 Å². The van der Waals surface area contributed by atoms with E-state index >= 15 is 0 Å². The largest absolute Gasteiger partial charge is 0.384 e. The number of hydrogen-bond donors (Lipinski definition) is 2. The molecule has 19 heavy (non-hydrogen) atoms. The van der Waals surface area contributed by atoms with Gasteiger partial charge in [-0.2, -0.15) is 0 Å². The van der Waals surface area contributed by atoms with Crippen LogP contribution >= 0.6 is 11.3 Å². The molecule has 2 atom stereocenters. The topological polar surface area (TPSA) is 47.3 Å². The number of fused-ring (bicyclic) bond motifs is 1. The average molecular weight is 278 g/mol.